The number of nitrogens with zero attached hydrogens (tertiary/aromatic N) is 3. The van der Waals surface area contributed by atoms with Crippen LogP contribution in [0.25, 0.3) is 0 Å². The number of benzene rings is 1. The zero-order chi connectivity index (χ0) is 15.2. The molecule has 0 fully saturated rings. The monoisotopic (exact) mass is 296 g/mol. The largest absolute Gasteiger partial charge is 0.319 e. The fraction of sp³-hybridized carbons (Fsp3) is 0.308. The van der Waals surface area contributed by atoms with E-state index in [1.54, 1.807) is 12.1 Å². The maximum absolute atomic E-state index is 12.6. The van der Waals surface area contributed by atoms with E-state index in [0.717, 1.165) is 10.1 Å². The molecule has 2 aromatic rings. The molecule has 0 bridgehead atoms. The molecule has 1 N–H and O–H groups in total. The van der Waals surface area contributed by atoms with E-state index in [4.69, 9.17) is 0 Å². The SMILES string of the molecule is O=[N+]([O-])c1ccc(CCNCc2nccn2C(F)F)cc1. The van der Waals surface area contributed by atoms with Crippen molar-refractivity contribution in [1.29, 1.82) is 0 Å². The van der Waals surface area contributed by atoms with Crippen molar-refractivity contribution < 1.29 is 13.7 Å². The molecule has 6 nitrogen and oxygen atoms in total. The minimum atomic E-state index is -2.60. The molecule has 0 aliphatic rings. The van der Waals surface area contributed by atoms with Gasteiger partial charge in [0.15, 0.2) is 0 Å². The van der Waals surface area contributed by atoms with Crippen molar-refractivity contribution in [2.75, 3.05) is 6.54 Å². The first-order valence-corrected chi connectivity index (χ1v) is 6.32. The summed E-state index contributed by atoms with van der Waals surface area (Å²) in [5.41, 5.74) is 0.982. The van der Waals surface area contributed by atoms with Gasteiger partial charge < -0.3 is 5.32 Å². The summed E-state index contributed by atoms with van der Waals surface area (Å²) in [7, 11) is 0. The molecule has 1 heterocycles. The molecular weight excluding hydrogens is 282 g/mol. The number of imidazole rings is 1. The van der Waals surface area contributed by atoms with Crippen molar-refractivity contribution in [1.82, 2.24) is 14.9 Å². The van der Waals surface area contributed by atoms with Gasteiger partial charge in [0.25, 0.3) is 5.69 Å². The Morgan fingerprint density at radius 1 is 1.33 bits per heavy atom. The quantitative estimate of drug-likeness (QED) is 0.484. The van der Waals surface area contributed by atoms with Crippen molar-refractivity contribution in [2.45, 2.75) is 19.5 Å². The number of nitro benzene ring substituents is 1. The van der Waals surface area contributed by atoms with Gasteiger partial charge in [0.1, 0.15) is 5.82 Å². The maximum Gasteiger partial charge on any atom is 0.319 e. The van der Waals surface area contributed by atoms with E-state index in [0.29, 0.717) is 13.0 Å². The van der Waals surface area contributed by atoms with Crippen LogP contribution in [0.3, 0.4) is 0 Å². The van der Waals surface area contributed by atoms with Gasteiger partial charge in [0, 0.05) is 24.5 Å². The molecule has 112 valence electrons. The van der Waals surface area contributed by atoms with Gasteiger partial charge in [0.2, 0.25) is 0 Å². The first kappa shape index (κ1) is 15.0. The Hall–Kier alpha value is -2.35. The Balaban J connectivity index is 1.79. The van der Waals surface area contributed by atoms with Gasteiger partial charge >= 0.3 is 6.55 Å². The summed E-state index contributed by atoms with van der Waals surface area (Å²) in [4.78, 5) is 13.9. The van der Waals surface area contributed by atoms with Gasteiger partial charge in [-0.3, -0.25) is 14.7 Å². The van der Waals surface area contributed by atoms with Crippen molar-refractivity contribution in [3.05, 3.63) is 58.2 Å². The van der Waals surface area contributed by atoms with Crippen molar-refractivity contribution in [3.8, 4) is 0 Å². The van der Waals surface area contributed by atoms with E-state index in [2.05, 4.69) is 10.3 Å². The van der Waals surface area contributed by atoms with Gasteiger partial charge in [0.05, 0.1) is 11.5 Å². The highest BCUT2D eigenvalue weighted by molar-refractivity contribution is 5.32. The summed E-state index contributed by atoms with van der Waals surface area (Å²) in [5.74, 6) is 0.272. The van der Waals surface area contributed by atoms with Crippen molar-refractivity contribution in [2.24, 2.45) is 0 Å². The first-order chi connectivity index (χ1) is 10.1. The lowest BCUT2D eigenvalue weighted by Gasteiger charge is -2.07. The zero-order valence-corrected chi connectivity index (χ0v) is 11.1. The summed E-state index contributed by atoms with van der Waals surface area (Å²) < 4.78 is 26.0. The fourth-order valence-electron chi connectivity index (χ4n) is 1.88. The molecule has 0 saturated carbocycles. The van der Waals surface area contributed by atoms with Crippen molar-refractivity contribution >= 4 is 5.69 Å². The van der Waals surface area contributed by atoms with Gasteiger partial charge in [-0.15, -0.1) is 0 Å². The molecule has 0 spiro atoms. The Bertz CT molecular complexity index is 598. The van der Waals surface area contributed by atoms with Crippen LogP contribution in [0, 0.1) is 10.1 Å². The molecule has 1 aromatic heterocycles. The van der Waals surface area contributed by atoms with Crippen LogP contribution in [-0.4, -0.2) is 21.0 Å². The molecule has 0 saturated heterocycles. The van der Waals surface area contributed by atoms with Crippen LogP contribution in [0.5, 0.6) is 0 Å². The van der Waals surface area contributed by atoms with Crippen LogP contribution in [0.15, 0.2) is 36.7 Å². The zero-order valence-electron chi connectivity index (χ0n) is 11.1. The second-order valence-electron chi connectivity index (χ2n) is 4.38. The van der Waals surface area contributed by atoms with Crippen LogP contribution in [0.1, 0.15) is 17.9 Å². The number of hydrogen-bond donors (Lipinski definition) is 1. The first-order valence-electron chi connectivity index (χ1n) is 6.32. The van der Waals surface area contributed by atoms with E-state index in [1.165, 1.54) is 24.5 Å². The number of nitrogens with one attached hydrogen (secondary N) is 1. The third kappa shape index (κ3) is 4.06. The number of non-ortho nitro benzene ring substituents is 1. The smallest absolute Gasteiger partial charge is 0.310 e. The van der Waals surface area contributed by atoms with Crippen LogP contribution in [0.4, 0.5) is 14.5 Å². The van der Waals surface area contributed by atoms with Gasteiger partial charge in [-0.05, 0) is 18.5 Å². The van der Waals surface area contributed by atoms with E-state index in [1.807, 2.05) is 0 Å². The molecule has 2 rings (SSSR count). The minimum absolute atomic E-state index is 0.0469. The third-order valence-corrected chi connectivity index (χ3v) is 2.98. The van der Waals surface area contributed by atoms with E-state index < -0.39 is 11.5 Å². The van der Waals surface area contributed by atoms with E-state index in [9.17, 15) is 18.9 Å². The molecule has 1 aromatic carbocycles. The molecular formula is C13H14F2N4O2. The number of aromatic nitrogens is 2. The molecule has 0 aliphatic heterocycles. The van der Waals surface area contributed by atoms with Gasteiger partial charge in [-0.25, -0.2) is 4.98 Å². The Morgan fingerprint density at radius 2 is 2.05 bits per heavy atom. The maximum atomic E-state index is 12.6. The lowest BCUT2D eigenvalue weighted by molar-refractivity contribution is -0.384. The highest BCUT2D eigenvalue weighted by Crippen LogP contribution is 2.13. The average molecular weight is 296 g/mol. The van der Waals surface area contributed by atoms with E-state index >= 15 is 0 Å². The number of hydrogen-bond acceptors (Lipinski definition) is 4. The fourth-order valence-corrected chi connectivity index (χ4v) is 1.88. The van der Waals surface area contributed by atoms with Crippen LogP contribution in [-0.2, 0) is 13.0 Å². The summed E-state index contributed by atoms with van der Waals surface area (Å²) in [5, 5.41) is 13.5. The highest BCUT2D eigenvalue weighted by Gasteiger charge is 2.10. The third-order valence-electron chi connectivity index (χ3n) is 2.98. The normalized spacial score (nSPS) is 11.0. The lowest BCUT2D eigenvalue weighted by Crippen LogP contribution is -2.19. The summed E-state index contributed by atoms with van der Waals surface area (Å²) in [6.45, 7) is -1.79. The molecule has 0 amide bonds. The number of rotatable bonds is 7. The molecule has 21 heavy (non-hydrogen) atoms. The lowest BCUT2D eigenvalue weighted by atomic mass is 10.1. The second-order valence-corrected chi connectivity index (χ2v) is 4.38. The van der Waals surface area contributed by atoms with Crippen LogP contribution in [0.2, 0.25) is 0 Å². The topological polar surface area (TPSA) is 73.0 Å². The predicted molar refractivity (Wildman–Crippen MR) is 72.0 cm³/mol. The molecule has 0 radical (unpaired) electrons. The standard InChI is InChI=1S/C13H14F2N4O2/c14-13(15)18-8-7-17-12(18)9-16-6-5-10-1-3-11(4-2-10)19(20)21/h1-4,7-8,13,16H,5-6,9H2. The number of nitro groups is 1. The highest BCUT2D eigenvalue weighted by atomic mass is 19.3. The number of halogens is 2. The van der Waals surface area contributed by atoms with Crippen LogP contribution >= 0.6 is 0 Å². The number of alkyl halides is 2. The van der Waals surface area contributed by atoms with Gasteiger partial charge in [-0.2, -0.15) is 8.78 Å². The Morgan fingerprint density at radius 3 is 2.67 bits per heavy atom. The summed E-state index contributed by atoms with van der Waals surface area (Å²) >= 11 is 0. The second kappa shape index (κ2) is 6.89. The minimum Gasteiger partial charge on any atom is -0.310 e. The predicted octanol–water partition coefficient (Wildman–Crippen LogP) is 2.52. The summed E-state index contributed by atoms with van der Waals surface area (Å²) in [6, 6.07) is 6.25. The molecule has 0 unspecified atom stereocenters. The molecule has 0 aliphatic carbocycles. The summed E-state index contributed by atoms with van der Waals surface area (Å²) in [6.07, 6.45) is 3.21. The molecule has 8 heteroatoms. The van der Waals surface area contributed by atoms with Crippen molar-refractivity contribution in [3.63, 3.8) is 0 Å². The van der Waals surface area contributed by atoms with E-state index in [-0.39, 0.29) is 18.1 Å². The Labute approximate surface area is 119 Å². The van der Waals surface area contributed by atoms with Gasteiger partial charge in [-0.1, -0.05) is 12.1 Å². The average Bonchev–Trinajstić information content (AvgIpc) is 2.92. The molecule has 0 atom stereocenters. The van der Waals surface area contributed by atoms with Crippen LogP contribution < -0.4 is 5.32 Å². The Kier molecular flexibility index (Phi) is 4.94.